The van der Waals surface area contributed by atoms with Crippen molar-refractivity contribution in [3.63, 3.8) is 0 Å². The van der Waals surface area contributed by atoms with E-state index in [1.54, 1.807) is 12.1 Å². The molecule has 2 aromatic rings. The first kappa shape index (κ1) is 18.7. The summed E-state index contributed by atoms with van der Waals surface area (Å²) >= 11 is 6.31. The van der Waals surface area contributed by atoms with Crippen LogP contribution in [-0.4, -0.2) is 43.7 Å². The molecule has 25 heavy (non-hydrogen) atoms. The molecule has 0 amide bonds. The van der Waals surface area contributed by atoms with Crippen LogP contribution in [0.5, 0.6) is 0 Å². The first-order valence-electron chi connectivity index (χ1n) is 8.51. The average molecular weight is 385 g/mol. The highest BCUT2D eigenvalue weighted by molar-refractivity contribution is 7.92. The van der Waals surface area contributed by atoms with Gasteiger partial charge < -0.3 is 9.32 Å². The van der Waals surface area contributed by atoms with Crippen LogP contribution in [0.2, 0.25) is 5.02 Å². The molecule has 0 N–H and O–H groups in total. The molecule has 1 saturated carbocycles. The number of sulfone groups is 1. The first-order valence-corrected chi connectivity index (χ1v) is 10.4. The Morgan fingerprint density at radius 3 is 2.48 bits per heavy atom. The number of hydrogen-bond acceptors (Lipinski definition) is 5. The Hall–Kier alpha value is -1.11. The maximum absolute atomic E-state index is 13.3. The van der Waals surface area contributed by atoms with Crippen LogP contribution in [0.25, 0.3) is 11.1 Å². The van der Waals surface area contributed by atoms with Crippen LogP contribution in [0, 0.1) is 0 Å². The topological polar surface area (TPSA) is 63.4 Å². The lowest BCUT2D eigenvalue weighted by Crippen LogP contribution is -2.27. The van der Waals surface area contributed by atoms with E-state index in [0.717, 1.165) is 6.42 Å². The summed E-state index contributed by atoms with van der Waals surface area (Å²) in [5.74, 6) is 0.513. The van der Waals surface area contributed by atoms with E-state index in [1.807, 2.05) is 34.9 Å². The number of rotatable bonds is 3. The molecule has 1 heterocycles. The van der Waals surface area contributed by atoms with Crippen molar-refractivity contribution in [1.82, 2.24) is 9.88 Å². The zero-order chi connectivity index (χ0) is 18.6. The van der Waals surface area contributed by atoms with Crippen molar-refractivity contribution in [2.24, 2.45) is 0 Å². The quantitative estimate of drug-likeness (QED) is 0.799. The molecule has 1 aromatic heterocycles. The molecular formula is C18H25ClN2O3S. The van der Waals surface area contributed by atoms with Gasteiger partial charge in [-0.25, -0.2) is 13.4 Å². The van der Waals surface area contributed by atoms with E-state index in [0.29, 0.717) is 24.2 Å². The van der Waals surface area contributed by atoms with Gasteiger partial charge in [-0.15, -0.1) is 0 Å². The molecule has 7 heteroatoms. The van der Waals surface area contributed by atoms with Gasteiger partial charge in [0, 0.05) is 11.5 Å². The summed E-state index contributed by atoms with van der Waals surface area (Å²) in [4.78, 5) is 6.65. The van der Waals surface area contributed by atoms with Crippen molar-refractivity contribution in [3.8, 4) is 0 Å². The van der Waals surface area contributed by atoms with Gasteiger partial charge in [0.1, 0.15) is 10.4 Å². The van der Waals surface area contributed by atoms with Crippen LogP contribution in [0.15, 0.2) is 21.4 Å². The van der Waals surface area contributed by atoms with E-state index in [-0.39, 0.29) is 27.0 Å². The maximum Gasteiger partial charge on any atom is 0.200 e. The Morgan fingerprint density at radius 2 is 1.92 bits per heavy atom. The Bertz CT molecular complexity index is 897. The molecule has 0 spiro atoms. The molecule has 5 nitrogen and oxygen atoms in total. The normalized spacial score (nSPS) is 22.2. The van der Waals surface area contributed by atoms with Gasteiger partial charge in [-0.3, -0.25) is 0 Å². The largest absolute Gasteiger partial charge is 0.439 e. The summed E-state index contributed by atoms with van der Waals surface area (Å²) in [6.45, 7) is 5.93. The fourth-order valence-corrected chi connectivity index (χ4v) is 5.84. The lowest BCUT2D eigenvalue weighted by Gasteiger charge is -2.19. The lowest BCUT2D eigenvalue weighted by molar-refractivity contribution is 0.299. The van der Waals surface area contributed by atoms with Crippen molar-refractivity contribution in [2.45, 2.75) is 61.6 Å². The predicted molar refractivity (Wildman–Crippen MR) is 100 cm³/mol. The van der Waals surface area contributed by atoms with E-state index in [4.69, 9.17) is 16.0 Å². The third kappa shape index (κ3) is 3.32. The van der Waals surface area contributed by atoms with Crippen LogP contribution in [0.1, 0.15) is 45.9 Å². The zero-order valence-electron chi connectivity index (χ0n) is 15.3. The van der Waals surface area contributed by atoms with Crippen molar-refractivity contribution < 1.29 is 12.8 Å². The second kappa shape index (κ2) is 6.25. The summed E-state index contributed by atoms with van der Waals surface area (Å²) in [6, 6.07) is 3.59. The lowest BCUT2D eigenvalue weighted by atomic mass is 9.97. The first-order chi connectivity index (χ1) is 11.5. The van der Waals surface area contributed by atoms with Crippen molar-refractivity contribution >= 4 is 32.5 Å². The Labute approximate surface area is 154 Å². The van der Waals surface area contributed by atoms with Gasteiger partial charge in [0.2, 0.25) is 5.89 Å². The van der Waals surface area contributed by atoms with Crippen LogP contribution >= 0.6 is 11.6 Å². The summed E-state index contributed by atoms with van der Waals surface area (Å²) in [7, 11) is 0.384. The van der Waals surface area contributed by atoms with Crippen LogP contribution < -0.4 is 0 Å². The third-order valence-corrected chi connectivity index (χ3v) is 7.62. The number of halogens is 1. The van der Waals surface area contributed by atoms with Gasteiger partial charge in [0.15, 0.2) is 15.4 Å². The minimum absolute atomic E-state index is 0.0964. The Kier molecular flexibility index (Phi) is 4.67. The number of aromatic nitrogens is 1. The molecule has 1 aliphatic rings. The van der Waals surface area contributed by atoms with Crippen LogP contribution in [0.4, 0.5) is 0 Å². The molecule has 2 atom stereocenters. The van der Waals surface area contributed by atoms with E-state index in [9.17, 15) is 8.42 Å². The van der Waals surface area contributed by atoms with Gasteiger partial charge in [-0.2, -0.15) is 0 Å². The standard InChI is InChI=1S/C18H25ClN2O3S/c1-18(2,3)17-20-14-9-8-13(19)16(15(14)24-17)25(22,23)12-7-6-11(10-12)21(4)5/h8-9,11-12H,6-7,10H2,1-5H3/t11-,12?/m1/s1. The van der Waals surface area contributed by atoms with E-state index >= 15 is 0 Å². The highest BCUT2D eigenvalue weighted by Gasteiger charge is 2.39. The van der Waals surface area contributed by atoms with Crippen LogP contribution in [-0.2, 0) is 15.3 Å². The molecule has 1 aromatic carbocycles. The molecule has 0 aliphatic heterocycles. The number of oxazole rings is 1. The van der Waals surface area contributed by atoms with Gasteiger partial charge in [0.25, 0.3) is 0 Å². The van der Waals surface area contributed by atoms with Gasteiger partial charge in [-0.1, -0.05) is 32.4 Å². The van der Waals surface area contributed by atoms with Gasteiger partial charge >= 0.3 is 0 Å². The van der Waals surface area contributed by atoms with Gasteiger partial charge in [-0.05, 0) is 45.5 Å². The van der Waals surface area contributed by atoms with Crippen molar-refractivity contribution in [3.05, 3.63) is 23.0 Å². The fourth-order valence-electron chi connectivity index (χ4n) is 3.36. The number of hydrogen-bond donors (Lipinski definition) is 0. The fraction of sp³-hybridized carbons (Fsp3) is 0.611. The van der Waals surface area contributed by atoms with Gasteiger partial charge in [0.05, 0.1) is 10.3 Å². The zero-order valence-corrected chi connectivity index (χ0v) is 16.9. The molecule has 1 unspecified atom stereocenters. The molecular weight excluding hydrogens is 360 g/mol. The molecule has 1 fully saturated rings. The van der Waals surface area contributed by atoms with E-state index in [1.165, 1.54) is 0 Å². The van der Waals surface area contributed by atoms with E-state index < -0.39 is 15.1 Å². The van der Waals surface area contributed by atoms with Crippen molar-refractivity contribution in [2.75, 3.05) is 14.1 Å². The molecule has 0 bridgehead atoms. The van der Waals surface area contributed by atoms with Crippen molar-refractivity contribution in [1.29, 1.82) is 0 Å². The second-order valence-corrected chi connectivity index (χ2v) is 10.7. The summed E-state index contributed by atoms with van der Waals surface area (Å²) in [6.07, 6.45) is 2.12. The molecule has 3 rings (SSSR count). The predicted octanol–water partition coefficient (Wildman–Crippen LogP) is 4.04. The van der Waals surface area contributed by atoms with Crippen LogP contribution in [0.3, 0.4) is 0 Å². The molecule has 0 saturated heterocycles. The monoisotopic (exact) mass is 384 g/mol. The highest BCUT2D eigenvalue weighted by Crippen LogP contribution is 2.39. The number of nitrogens with zero attached hydrogens (tertiary/aromatic N) is 2. The number of benzene rings is 1. The summed E-state index contributed by atoms with van der Waals surface area (Å²) in [5.41, 5.74) is 0.511. The third-order valence-electron chi connectivity index (χ3n) is 4.92. The second-order valence-electron chi connectivity index (χ2n) is 8.09. The average Bonchev–Trinajstić information content (AvgIpc) is 3.13. The SMILES string of the molecule is CN(C)[C@@H]1CCC(S(=O)(=O)c2c(Cl)ccc3nc(C(C)(C)C)oc23)C1. The highest BCUT2D eigenvalue weighted by atomic mass is 35.5. The summed E-state index contributed by atoms with van der Waals surface area (Å²) in [5, 5.41) is -0.233. The Morgan fingerprint density at radius 1 is 1.24 bits per heavy atom. The number of fused-ring (bicyclic) bond motifs is 1. The summed E-state index contributed by atoms with van der Waals surface area (Å²) < 4.78 is 32.5. The minimum atomic E-state index is -3.59. The smallest absolute Gasteiger partial charge is 0.200 e. The molecule has 138 valence electrons. The minimum Gasteiger partial charge on any atom is -0.439 e. The molecule has 0 radical (unpaired) electrons. The molecule has 1 aliphatic carbocycles. The Balaban J connectivity index is 2.11. The maximum atomic E-state index is 13.3. The van der Waals surface area contributed by atoms with E-state index in [2.05, 4.69) is 9.88 Å².